The lowest BCUT2D eigenvalue weighted by molar-refractivity contribution is 0.0787. The summed E-state index contributed by atoms with van der Waals surface area (Å²) in [6, 6.07) is 11.7. The average Bonchev–Trinajstić information content (AvgIpc) is 3.26. The Morgan fingerprint density at radius 1 is 1.17 bits per heavy atom. The van der Waals surface area contributed by atoms with E-state index in [4.69, 9.17) is 4.74 Å². The first-order valence-corrected chi connectivity index (χ1v) is 11.3. The van der Waals surface area contributed by atoms with Gasteiger partial charge in [-0.05, 0) is 24.6 Å². The highest BCUT2D eigenvalue weighted by Gasteiger charge is 2.21. The normalized spacial score (nSPS) is 15.2. The van der Waals surface area contributed by atoms with E-state index in [-0.39, 0.29) is 31.4 Å². The van der Waals surface area contributed by atoms with Gasteiger partial charge in [-0.25, -0.2) is 9.97 Å². The molecule has 0 saturated heterocycles. The van der Waals surface area contributed by atoms with Crippen LogP contribution in [0.5, 0.6) is 0 Å². The summed E-state index contributed by atoms with van der Waals surface area (Å²) >= 11 is 0. The summed E-state index contributed by atoms with van der Waals surface area (Å²) in [6.07, 6.45) is 5.12. The molecule has 3 aromatic heterocycles. The van der Waals surface area contributed by atoms with Gasteiger partial charge in [-0.15, -0.1) is 0 Å². The first-order valence-electron chi connectivity index (χ1n) is 11.3. The fourth-order valence-corrected chi connectivity index (χ4v) is 4.33. The minimum atomic E-state index is -0.120. The quantitative estimate of drug-likeness (QED) is 0.416. The van der Waals surface area contributed by atoms with Crippen LogP contribution in [0, 0.1) is 0 Å². The van der Waals surface area contributed by atoms with Crippen molar-refractivity contribution in [3.8, 4) is 11.3 Å². The molecule has 0 spiro atoms. The molecule has 1 amide bonds. The Morgan fingerprint density at radius 2 is 2.03 bits per heavy atom. The van der Waals surface area contributed by atoms with E-state index < -0.39 is 0 Å². The van der Waals surface area contributed by atoms with Crippen molar-refractivity contribution in [3.63, 3.8) is 0 Å². The second kappa shape index (κ2) is 10.4. The van der Waals surface area contributed by atoms with E-state index in [9.17, 15) is 4.79 Å². The van der Waals surface area contributed by atoms with Crippen molar-refractivity contribution in [3.05, 3.63) is 77.5 Å². The number of hydrogen-bond donors (Lipinski definition) is 2. The van der Waals surface area contributed by atoms with Gasteiger partial charge >= 0.3 is 0 Å². The molecule has 4 aromatic rings. The van der Waals surface area contributed by atoms with Gasteiger partial charge in [-0.1, -0.05) is 25.1 Å². The molecule has 0 saturated carbocycles. The number of fused-ring (bicyclic) bond motifs is 2. The number of aromatic nitrogens is 4. The molecule has 5 rings (SSSR count). The second-order valence-corrected chi connectivity index (χ2v) is 8.46. The van der Waals surface area contributed by atoms with Gasteiger partial charge in [0.25, 0.3) is 5.91 Å². The van der Waals surface area contributed by atoms with Gasteiger partial charge in [0.05, 0.1) is 35.2 Å². The molecule has 0 aliphatic carbocycles. The summed E-state index contributed by atoms with van der Waals surface area (Å²) in [4.78, 5) is 30.2. The van der Waals surface area contributed by atoms with Crippen molar-refractivity contribution in [1.29, 1.82) is 0 Å². The number of ether oxygens (including phenoxy) is 1. The molecule has 2 N–H and O–H groups in total. The first kappa shape index (κ1) is 24.6. The van der Waals surface area contributed by atoms with Crippen LogP contribution in [0.15, 0.2) is 55.1 Å². The van der Waals surface area contributed by atoms with E-state index in [1.807, 2.05) is 31.3 Å². The van der Waals surface area contributed by atoms with Crippen molar-refractivity contribution >= 4 is 36.1 Å². The summed E-state index contributed by atoms with van der Waals surface area (Å²) in [5, 5.41) is 6.97. The van der Waals surface area contributed by atoms with E-state index in [2.05, 4.69) is 49.6 Å². The lowest BCUT2D eigenvalue weighted by Crippen LogP contribution is -2.18. The van der Waals surface area contributed by atoms with Gasteiger partial charge in [0, 0.05) is 54.5 Å². The van der Waals surface area contributed by atoms with Crippen molar-refractivity contribution in [2.45, 2.75) is 32.5 Å². The standard InChI is InChI=1S/C26H26N6O2.H2S/c1-15(18-5-4-6-19-20(26(33)27-3)7-8-28-25(18)19)11-30-24-10-22(31-14-32-24)17-9-21-16(2)34-13-23(21)29-12-17;/h4-10,12,14-16H,11,13H2,1-3H3,(H,27,33)(H,30,31,32);1H2/t15-,16+;/m1./s1. The molecule has 1 aliphatic heterocycles. The molecule has 9 heteroatoms. The second-order valence-electron chi connectivity index (χ2n) is 8.46. The molecule has 8 nitrogen and oxygen atoms in total. The first-order chi connectivity index (χ1) is 16.5. The Kier molecular flexibility index (Phi) is 7.28. The van der Waals surface area contributed by atoms with E-state index in [0.29, 0.717) is 18.7 Å². The van der Waals surface area contributed by atoms with Crippen LogP contribution >= 0.6 is 13.5 Å². The molecular formula is C26H28N6O2S. The van der Waals surface area contributed by atoms with Crippen molar-refractivity contribution in [2.75, 3.05) is 18.9 Å². The minimum Gasteiger partial charge on any atom is -0.369 e. The number of nitrogens with one attached hydrogen (secondary N) is 2. The predicted molar refractivity (Wildman–Crippen MR) is 141 cm³/mol. The summed E-state index contributed by atoms with van der Waals surface area (Å²) in [6.45, 7) is 5.36. The highest BCUT2D eigenvalue weighted by atomic mass is 32.1. The summed E-state index contributed by atoms with van der Waals surface area (Å²) in [5.41, 5.74) is 6.37. The monoisotopic (exact) mass is 488 g/mol. The Balaban J connectivity index is 0.00000289. The lowest BCUT2D eigenvalue weighted by atomic mass is 9.96. The van der Waals surface area contributed by atoms with Gasteiger partial charge in [0.15, 0.2) is 0 Å². The smallest absolute Gasteiger partial charge is 0.251 e. The number of nitrogens with zero attached hydrogens (tertiary/aromatic N) is 4. The molecular weight excluding hydrogens is 460 g/mol. The van der Waals surface area contributed by atoms with Crippen LogP contribution < -0.4 is 10.6 Å². The van der Waals surface area contributed by atoms with Crippen LogP contribution in [-0.4, -0.2) is 39.4 Å². The van der Waals surface area contributed by atoms with Crippen LogP contribution in [-0.2, 0) is 11.3 Å². The summed E-state index contributed by atoms with van der Waals surface area (Å²) < 4.78 is 5.67. The van der Waals surface area contributed by atoms with Crippen LogP contribution in [0.3, 0.4) is 0 Å². The van der Waals surface area contributed by atoms with Crippen LogP contribution in [0.1, 0.15) is 53.0 Å². The zero-order valence-electron chi connectivity index (χ0n) is 19.9. The Morgan fingerprint density at radius 3 is 2.86 bits per heavy atom. The molecule has 0 bridgehead atoms. The summed E-state index contributed by atoms with van der Waals surface area (Å²) in [7, 11) is 1.63. The van der Waals surface area contributed by atoms with Crippen molar-refractivity contribution < 1.29 is 9.53 Å². The molecule has 1 aliphatic rings. The Labute approximate surface area is 211 Å². The van der Waals surface area contributed by atoms with Gasteiger partial charge in [-0.3, -0.25) is 14.8 Å². The molecule has 2 atom stereocenters. The maximum atomic E-state index is 12.3. The predicted octanol–water partition coefficient (Wildman–Crippen LogP) is 4.37. The molecule has 35 heavy (non-hydrogen) atoms. The Bertz CT molecular complexity index is 1380. The molecule has 0 fully saturated rings. The number of rotatable bonds is 6. The van der Waals surface area contributed by atoms with Crippen LogP contribution in [0.2, 0.25) is 0 Å². The fraction of sp³-hybridized carbons (Fsp3) is 0.269. The average molecular weight is 489 g/mol. The van der Waals surface area contributed by atoms with Gasteiger partial charge < -0.3 is 15.4 Å². The highest BCUT2D eigenvalue weighted by molar-refractivity contribution is 7.59. The van der Waals surface area contributed by atoms with Crippen LogP contribution in [0.25, 0.3) is 22.2 Å². The number of pyridine rings is 2. The highest BCUT2D eigenvalue weighted by Crippen LogP contribution is 2.32. The number of para-hydroxylation sites is 1. The van der Waals surface area contributed by atoms with Crippen LogP contribution in [0.4, 0.5) is 5.82 Å². The Hall–Kier alpha value is -3.56. The number of carbonyl (C=O) groups excluding carboxylic acids is 1. The molecule has 4 heterocycles. The van der Waals surface area contributed by atoms with E-state index in [1.54, 1.807) is 25.6 Å². The molecule has 1 aromatic carbocycles. The number of amides is 1. The minimum absolute atomic E-state index is 0. The van der Waals surface area contributed by atoms with Gasteiger partial charge in [-0.2, -0.15) is 13.5 Å². The number of carbonyl (C=O) groups is 1. The van der Waals surface area contributed by atoms with Gasteiger partial charge in [0.1, 0.15) is 12.1 Å². The SMILES string of the molecule is CNC(=O)c1ccnc2c([C@H](C)CNc3cc(-c4cnc5c(c4)[C@H](C)OC5)ncn3)cccc12.S. The maximum absolute atomic E-state index is 12.3. The zero-order chi connectivity index (χ0) is 23.7. The topological polar surface area (TPSA) is 102 Å². The maximum Gasteiger partial charge on any atom is 0.251 e. The third-order valence-corrected chi connectivity index (χ3v) is 6.27. The number of benzene rings is 1. The van der Waals surface area contributed by atoms with E-state index in [1.165, 1.54) is 0 Å². The van der Waals surface area contributed by atoms with Crippen molar-refractivity contribution in [2.24, 2.45) is 0 Å². The fourth-order valence-electron chi connectivity index (χ4n) is 4.33. The van der Waals surface area contributed by atoms with Gasteiger partial charge in [0.2, 0.25) is 0 Å². The van der Waals surface area contributed by atoms with Crippen molar-refractivity contribution in [1.82, 2.24) is 25.3 Å². The third kappa shape index (κ3) is 4.82. The third-order valence-electron chi connectivity index (χ3n) is 6.27. The number of hydrogen-bond acceptors (Lipinski definition) is 7. The summed E-state index contributed by atoms with van der Waals surface area (Å²) in [5.74, 6) is 0.751. The van der Waals surface area contributed by atoms with E-state index >= 15 is 0 Å². The molecule has 0 unspecified atom stereocenters. The van der Waals surface area contributed by atoms with E-state index in [0.717, 1.165) is 44.8 Å². The molecule has 0 radical (unpaired) electrons. The lowest BCUT2D eigenvalue weighted by Gasteiger charge is -2.16. The largest absolute Gasteiger partial charge is 0.369 e. The zero-order valence-corrected chi connectivity index (χ0v) is 20.9. The number of anilines is 1. The molecule has 180 valence electrons.